The minimum absolute atomic E-state index is 0. The third-order valence-electron chi connectivity index (χ3n) is 8.78. The van der Waals surface area contributed by atoms with Crippen LogP contribution in [-0.2, 0) is 19.4 Å². The number of nitrogens with two attached hydrogens (primary N) is 1. The Balaban J connectivity index is 0.00000343. The number of likely N-dealkylation sites (tertiary alicyclic amines) is 1. The molecule has 2 fully saturated rings. The van der Waals surface area contributed by atoms with Crippen molar-refractivity contribution >= 4 is 52.5 Å². The zero-order valence-corrected chi connectivity index (χ0v) is 26.7. The van der Waals surface area contributed by atoms with Gasteiger partial charge in [-0.2, -0.15) is 0 Å². The van der Waals surface area contributed by atoms with Crippen LogP contribution in [0.1, 0.15) is 88.6 Å². The van der Waals surface area contributed by atoms with E-state index in [-0.39, 0.29) is 24.3 Å². The van der Waals surface area contributed by atoms with Gasteiger partial charge in [0, 0.05) is 22.5 Å². The first-order valence-electron chi connectivity index (χ1n) is 15.1. The standard InChI is InChI=1S/C35H34Cl2N4O2.ClH/c36-26-11-4-22(5-12-26)19-25-10-16-30-33(29(25)20-23-6-13-27(37)14-7-23)39-35(24-8-9-24)41(30)32-3-1-2-18-40(32)21-28-15-17-31(43-28)34(38)42;/h4-7,10-17,24,32H,1-3,8-9,18-21H2,(H2,38,42);1H. The van der Waals surface area contributed by atoms with Crippen molar-refractivity contribution in [1.82, 2.24) is 14.5 Å². The van der Waals surface area contributed by atoms with E-state index in [9.17, 15) is 4.79 Å². The fourth-order valence-corrected chi connectivity index (χ4v) is 6.71. The minimum Gasteiger partial charge on any atom is -0.455 e. The van der Waals surface area contributed by atoms with Gasteiger partial charge in [0.05, 0.1) is 23.7 Å². The first-order chi connectivity index (χ1) is 20.9. The van der Waals surface area contributed by atoms with Gasteiger partial charge in [-0.3, -0.25) is 9.69 Å². The molecule has 1 saturated carbocycles. The second-order valence-corrected chi connectivity index (χ2v) is 12.7. The van der Waals surface area contributed by atoms with Gasteiger partial charge in [-0.1, -0.05) is 53.5 Å². The lowest BCUT2D eigenvalue weighted by Gasteiger charge is -2.37. The molecular formula is C35H35Cl3N4O2. The van der Waals surface area contributed by atoms with Crippen LogP contribution in [0.15, 0.2) is 77.2 Å². The molecule has 7 rings (SSSR count). The average molecular weight is 650 g/mol. The van der Waals surface area contributed by atoms with Gasteiger partial charge < -0.3 is 14.7 Å². The smallest absolute Gasteiger partial charge is 0.284 e. The van der Waals surface area contributed by atoms with E-state index in [0.29, 0.717) is 12.5 Å². The molecule has 1 saturated heterocycles. The van der Waals surface area contributed by atoms with Crippen LogP contribution >= 0.6 is 35.6 Å². The summed E-state index contributed by atoms with van der Waals surface area (Å²) in [7, 11) is 0. The van der Waals surface area contributed by atoms with Crippen LogP contribution in [0, 0.1) is 0 Å². The van der Waals surface area contributed by atoms with Crippen molar-refractivity contribution in [2.75, 3.05) is 6.54 Å². The molecule has 2 aromatic heterocycles. The molecule has 1 unspecified atom stereocenters. The molecule has 3 heterocycles. The van der Waals surface area contributed by atoms with Gasteiger partial charge in [-0.25, -0.2) is 4.98 Å². The molecule has 2 aliphatic rings. The number of piperidine rings is 1. The molecule has 0 bridgehead atoms. The summed E-state index contributed by atoms with van der Waals surface area (Å²) in [5, 5.41) is 1.48. The molecule has 228 valence electrons. The fourth-order valence-electron chi connectivity index (χ4n) is 6.46. The lowest BCUT2D eigenvalue weighted by atomic mass is 9.94. The van der Waals surface area contributed by atoms with Gasteiger partial charge in [0.15, 0.2) is 5.76 Å². The molecular weight excluding hydrogens is 615 g/mol. The second kappa shape index (κ2) is 13.0. The van der Waals surface area contributed by atoms with Gasteiger partial charge >= 0.3 is 0 Å². The Bertz CT molecular complexity index is 1770. The van der Waals surface area contributed by atoms with E-state index >= 15 is 0 Å². The molecule has 9 heteroatoms. The van der Waals surface area contributed by atoms with E-state index in [4.69, 9.17) is 38.3 Å². The summed E-state index contributed by atoms with van der Waals surface area (Å²) in [6, 6.07) is 24.4. The zero-order chi connectivity index (χ0) is 29.5. The predicted octanol–water partition coefficient (Wildman–Crippen LogP) is 8.70. The van der Waals surface area contributed by atoms with Crippen molar-refractivity contribution < 1.29 is 9.21 Å². The number of carbonyl (C=O) groups is 1. The first kappa shape index (κ1) is 30.7. The molecule has 1 atom stereocenters. The highest BCUT2D eigenvalue weighted by Crippen LogP contribution is 2.44. The number of halogens is 3. The molecule has 44 heavy (non-hydrogen) atoms. The van der Waals surface area contributed by atoms with Crippen molar-refractivity contribution in [3.8, 4) is 0 Å². The number of furan rings is 1. The van der Waals surface area contributed by atoms with Crippen LogP contribution < -0.4 is 5.73 Å². The SMILES string of the molecule is Cl.NC(=O)c1ccc(CN2CCCCC2n2c(C3CC3)nc3c(Cc4ccc(Cl)cc4)c(Cc4ccc(Cl)cc4)ccc32)o1. The minimum atomic E-state index is -0.541. The first-order valence-corrected chi connectivity index (χ1v) is 15.8. The van der Waals surface area contributed by atoms with Crippen molar-refractivity contribution in [1.29, 1.82) is 0 Å². The largest absolute Gasteiger partial charge is 0.455 e. The second-order valence-electron chi connectivity index (χ2n) is 11.9. The van der Waals surface area contributed by atoms with Crippen LogP contribution in [0.5, 0.6) is 0 Å². The van der Waals surface area contributed by atoms with Crippen LogP contribution in [0.4, 0.5) is 0 Å². The molecule has 3 aromatic carbocycles. The summed E-state index contributed by atoms with van der Waals surface area (Å²) >= 11 is 12.4. The van der Waals surface area contributed by atoms with Crippen molar-refractivity contribution in [2.24, 2.45) is 5.73 Å². The highest BCUT2D eigenvalue weighted by molar-refractivity contribution is 6.30. The number of hydrogen-bond acceptors (Lipinski definition) is 4. The number of nitrogens with zero attached hydrogens (tertiary/aromatic N) is 3. The molecule has 0 radical (unpaired) electrons. The summed E-state index contributed by atoms with van der Waals surface area (Å²) in [6.07, 6.45) is 7.38. The number of hydrogen-bond donors (Lipinski definition) is 1. The van der Waals surface area contributed by atoms with Crippen molar-refractivity contribution in [2.45, 2.75) is 63.6 Å². The number of fused-ring (bicyclic) bond motifs is 1. The zero-order valence-electron chi connectivity index (χ0n) is 24.3. The Hall–Kier alpha value is -3.29. The van der Waals surface area contributed by atoms with E-state index in [2.05, 4.69) is 45.9 Å². The van der Waals surface area contributed by atoms with Crippen LogP contribution in [0.25, 0.3) is 11.0 Å². The third kappa shape index (κ3) is 6.40. The molecule has 1 aliphatic heterocycles. The maximum atomic E-state index is 11.7. The number of benzene rings is 3. The van der Waals surface area contributed by atoms with E-state index < -0.39 is 5.91 Å². The summed E-state index contributed by atoms with van der Waals surface area (Å²) in [6.45, 7) is 1.57. The van der Waals surface area contributed by atoms with E-state index in [1.54, 1.807) is 6.07 Å². The Morgan fingerprint density at radius 2 is 1.55 bits per heavy atom. The Morgan fingerprint density at radius 1 is 0.864 bits per heavy atom. The van der Waals surface area contributed by atoms with Gasteiger partial charge in [0.1, 0.15) is 11.6 Å². The predicted molar refractivity (Wildman–Crippen MR) is 178 cm³/mol. The van der Waals surface area contributed by atoms with Gasteiger partial charge in [0.2, 0.25) is 0 Å². The third-order valence-corrected chi connectivity index (χ3v) is 9.28. The van der Waals surface area contributed by atoms with Gasteiger partial charge in [-0.15, -0.1) is 12.4 Å². The summed E-state index contributed by atoms with van der Waals surface area (Å²) in [5.74, 6) is 2.08. The quantitative estimate of drug-likeness (QED) is 0.173. The summed E-state index contributed by atoms with van der Waals surface area (Å²) in [4.78, 5) is 19.6. The highest BCUT2D eigenvalue weighted by Gasteiger charge is 2.35. The molecule has 0 spiro atoms. The lowest BCUT2D eigenvalue weighted by molar-refractivity contribution is 0.0793. The van der Waals surface area contributed by atoms with Crippen LogP contribution in [-0.4, -0.2) is 26.9 Å². The van der Waals surface area contributed by atoms with Crippen molar-refractivity contribution in [3.63, 3.8) is 0 Å². The Morgan fingerprint density at radius 3 is 2.18 bits per heavy atom. The topological polar surface area (TPSA) is 77.3 Å². The highest BCUT2D eigenvalue weighted by atomic mass is 35.5. The number of imidazole rings is 1. The van der Waals surface area contributed by atoms with Gasteiger partial charge in [0.25, 0.3) is 5.91 Å². The number of aromatic nitrogens is 2. The fraction of sp³-hybridized carbons (Fsp3) is 0.314. The lowest BCUT2D eigenvalue weighted by Crippen LogP contribution is -2.37. The maximum Gasteiger partial charge on any atom is 0.284 e. The molecule has 1 aliphatic carbocycles. The molecule has 5 aromatic rings. The molecule has 1 amide bonds. The molecule has 2 N–H and O–H groups in total. The number of primary amides is 1. The van der Waals surface area contributed by atoms with E-state index in [1.165, 1.54) is 46.4 Å². The average Bonchev–Trinajstić information content (AvgIpc) is 3.62. The Labute approximate surface area is 273 Å². The van der Waals surface area contributed by atoms with E-state index in [0.717, 1.165) is 60.0 Å². The molecule has 6 nitrogen and oxygen atoms in total. The summed E-state index contributed by atoms with van der Waals surface area (Å²) in [5.41, 5.74) is 12.7. The monoisotopic (exact) mass is 648 g/mol. The number of amides is 1. The summed E-state index contributed by atoms with van der Waals surface area (Å²) < 4.78 is 8.32. The van der Waals surface area contributed by atoms with Crippen LogP contribution in [0.2, 0.25) is 10.0 Å². The maximum absolute atomic E-state index is 11.7. The van der Waals surface area contributed by atoms with Gasteiger partial charge in [-0.05, 0) is 110 Å². The van der Waals surface area contributed by atoms with E-state index in [1.807, 2.05) is 30.3 Å². The van der Waals surface area contributed by atoms with Crippen molar-refractivity contribution in [3.05, 3.63) is 122 Å². The number of carbonyl (C=O) groups excluding carboxylic acids is 1. The van der Waals surface area contributed by atoms with Crippen LogP contribution in [0.3, 0.4) is 0 Å². The Kier molecular flexibility index (Phi) is 9.06. The number of rotatable bonds is 9. The normalized spacial score (nSPS) is 17.1.